The number of morpholine rings is 1. The second kappa shape index (κ2) is 7.69. The van der Waals surface area contributed by atoms with E-state index < -0.39 is 5.97 Å². The van der Waals surface area contributed by atoms with E-state index in [1.807, 2.05) is 23.1 Å². The number of rotatable bonds is 5. The minimum Gasteiger partial charge on any atom is -0.497 e. The van der Waals surface area contributed by atoms with Crippen molar-refractivity contribution in [2.75, 3.05) is 31.7 Å². The van der Waals surface area contributed by atoms with Gasteiger partial charge in [-0.3, -0.25) is 4.98 Å². The summed E-state index contributed by atoms with van der Waals surface area (Å²) in [6.07, 6.45) is 1.44. The first-order valence-corrected chi connectivity index (χ1v) is 8.82. The summed E-state index contributed by atoms with van der Waals surface area (Å²) in [4.78, 5) is 18.2. The van der Waals surface area contributed by atoms with E-state index in [-0.39, 0.29) is 17.4 Å². The van der Waals surface area contributed by atoms with Crippen LogP contribution in [0, 0.1) is 0 Å². The van der Waals surface area contributed by atoms with Gasteiger partial charge in [0.15, 0.2) is 17.1 Å². The van der Waals surface area contributed by atoms with Gasteiger partial charge in [-0.05, 0) is 36.4 Å². The Bertz CT molecular complexity index is 956. The topological polar surface area (TPSA) is 97.9 Å². The first-order valence-electron chi connectivity index (χ1n) is 8.82. The van der Waals surface area contributed by atoms with Crippen LogP contribution in [0.2, 0.25) is 0 Å². The Balaban J connectivity index is 1.66. The Kier molecular flexibility index (Phi) is 4.94. The zero-order valence-electron chi connectivity index (χ0n) is 15.2. The third-order valence-electron chi connectivity index (χ3n) is 4.62. The molecular formula is C20H19N3O5. The largest absolute Gasteiger partial charge is 0.497 e. The predicted octanol–water partition coefficient (Wildman–Crippen LogP) is 3.02. The van der Waals surface area contributed by atoms with Crippen molar-refractivity contribution in [1.82, 2.24) is 10.1 Å². The third kappa shape index (κ3) is 3.41. The van der Waals surface area contributed by atoms with Gasteiger partial charge in [-0.2, -0.15) is 0 Å². The van der Waals surface area contributed by atoms with Crippen molar-refractivity contribution >= 4 is 11.8 Å². The summed E-state index contributed by atoms with van der Waals surface area (Å²) in [5.74, 6) is 0.0864. The van der Waals surface area contributed by atoms with Crippen LogP contribution in [0.4, 0.5) is 5.82 Å². The second-order valence-corrected chi connectivity index (χ2v) is 6.30. The maximum atomic E-state index is 12.0. The van der Waals surface area contributed by atoms with Crippen LogP contribution in [0.1, 0.15) is 22.2 Å². The highest BCUT2D eigenvalue weighted by Crippen LogP contribution is 2.34. The Morgan fingerprint density at radius 2 is 2.07 bits per heavy atom. The van der Waals surface area contributed by atoms with Crippen LogP contribution in [-0.4, -0.2) is 48.0 Å². The van der Waals surface area contributed by atoms with E-state index in [1.54, 1.807) is 37.6 Å². The summed E-state index contributed by atoms with van der Waals surface area (Å²) >= 11 is 0. The normalized spacial score (nSPS) is 16.8. The first kappa shape index (κ1) is 18.0. The summed E-state index contributed by atoms with van der Waals surface area (Å²) in [7, 11) is 1.57. The maximum Gasteiger partial charge on any atom is 0.343 e. The molecule has 0 aliphatic carbocycles. The van der Waals surface area contributed by atoms with Gasteiger partial charge in [0.05, 0.1) is 26.0 Å². The number of pyridine rings is 1. The van der Waals surface area contributed by atoms with Gasteiger partial charge >= 0.3 is 5.97 Å². The number of hydrogen-bond acceptors (Lipinski definition) is 7. The van der Waals surface area contributed by atoms with Crippen molar-refractivity contribution in [3.8, 4) is 17.1 Å². The van der Waals surface area contributed by atoms with Gasteiger partial charge < -0.3 is 24.0 Å². The van der Waals surface area contributed by atoms with Crippen LogP contribution in [0.25, 0.3) is 11.3 Å². The van der Waals surface area contributed by atoms with Crippen LogP contribution >= 0.6 is 0 Å². The SMILES string of the molecule is COc1ccc(-c2onc(N3CCOC(c4ccccn4)C3)c2C(=O)O)cc1. The monoisotopic (exact) mass is 381 g/mol. The summed E-state index contributed by atoms with van der Waals surface area (Å²) in [5, 5.41) is 13.9. The lowest BCUT2D eigenvalue weighted by Gasteiger charge is -2.32. The number of hydrogen-bond donors (Lipinski definition) is 1. The molecule has 2 aromatic heterocycles. The molecule has 28 heavy (non-hydrogen) atoms. The number of anilines is 1. The molecule has 8 nitrogen and oxygen atoms in total. The van der Waals surface area contributed by atoms with Crippen molar-refractivity contribution in [2.45, 2.75) is 6.10 Å². The molecule has 1 aromatic carbocycles. The number of carboxylic acid groups (broad SMARTS) is 1. The highest BCUT2D eigenvalue weighted by atomic mass is 16.5. The average molecular weight is 381 g/mol. The Morgan fingerprint density at radius 1 is 1.25 bits per heavy atom. The van der Waals surface area contributed by atoms with E-state index in [4.69, 9.17) is 14.0 Å². The van der Waals surface area contributed by atoms with Crippen molar-refractivity contribution < 1.29 is 23.9 Å². The van der Waals surface area contributed by atoms with E-state index in [2.05, 4.69) is 10.1 Å². The Hall–Kier alpha value is -3.39. The molecule has 1 aliphatic heterocycles. The molecule has 0 bridgehead atoms. The lowest BCUT2D eigenvalue weighted by Crippen LogP contribution is -2.39. The van der Waals surface area contributed by atoms with Gasteiger partial charge in [0.1, 0.15) is 11.9 Å². The molecule has 3 aromatic rings. The van der Waals surface area contributed by atoms with Gasteiger partial charge in [0.25, 0.3) is 0 Å². The van der Waals surface area contributed by atoms with Gasteiger partial charge in [-0.1, -0.05) is 11.2 Å². The first-order chi connectivity index (χ1) is 13.7. The van der Waals surface area contributed by atoms with E-state index in [0.717, 1.165) is 5.69 Å². The molecular weight excluding hydrogens is 362 g/mol. The summed E-state index contributed by atoms with van der Waals surface area (Å²) in [6.45, 7) is 1.38. The van der Waals surface area contributed by atoms with Gasteiger partial charge in [0, 0.05) is 18.3 Å². The molecule has 1 fully saturated rings. The predicted molar refractivity (Wildman–Crippen MR) is 101 cm³/mol. The molecule has 1 unspecified atom stereocenters. The molecule has 0 spiro atoms. The average Bonchev–Trinajstić information content (AvgIpc) is 3.20. The molecule has 0 amide bonds. The van der Waals surface area contributed by atoms with Crippen molar-refractivity contribution in [1.29, 1.82) is 0 Å². The number of carboxylic acids is 1. The molecule has 1 N–H and O–H groups in total. The van der Waals surface area contributed by atoms with Crippen molar-refractivity contribution in [3.63, 3.8) is 0 Å². The Morgan fingerprint density at radius 3 is 2.75 bits per heavy atom. The summed E-state index contributed by atoms with van der Waals surface area (Å²) in [6, 6.07) is 12.6. The second-order valence-electron chi connectivity index (χ2n) is 6.30. The molecule has 4 rings (SSSR count). The van der Waals surface area contributed by atoms with Crippen molar-refractivity contribution in [2.24, 2.45) is 0 Å². The van der Waals surface area contributed by atoms with Crippen LogP contribution in [-0.2, 0) is 4.74 Å². The standard InChI is InChI=1S/C20H19N3O5/c1-26-14-7-5-13(6-8-14)18-17(20(24)25)19(22-28-18)23-10-11-27-16(12-23)15-4-2-3-9-21-15/h2-9,16H,10-12H2,1H3,(H,24,25). The van der Waals surface area contributed by atoms with Gasteiger partial charge in [-0.15, -0.1) is 0 Å². The zero-order valence-corrected chi connectivity index (χ0v) is 15.2. The number of aromatic nitrogens is 2. The fourth-order valence-corrected chi connectivity index (χ4v) is 3.22. The number of aromatic carboxylic acids is 1. The summed E-state index contributed by atoms with van der Waals surface area (Å²) < 4.78 is 16.4. The lowest BCUT2D eigenvalue weighted by atomic mass is 10.1. The maximum absolute atomic E-state index is 12.0. The van der Waals surface area contributed by atoms with Crippen LogP contribution in [0.3, 0.4) is 0 Å². The van der Waals surface area contributed by atoms with Crippen molar-refractivity contribution in [3.05, 3.63) is 59.9 Å². The quantitative estimate of drug-likeness (QED) is 0.720. The molecule has 1 atom stereocenters. The highest BCUT2D eigenvalue weighted by Gasteiger charge is 2.31. The molecule has 144 valence electrons. The van der Waals surface area contributed by atoms with Gasteiger partial charge in [0.2, 0.25) is 0 Å². The smallest absolute Gasteiger partial charge is 0.343 e. The molecule has 3 heterocycles. The minimum atomic E-state index is -1.09. The number of benzene rings is 1. The lowest BCUT2D eigenvalue weighted by molar-refractivity contribution is 0.0364. The van der Waals surface area contributed by atoms with E-state index in [9.17, 15) is 9.90 Å². The highest BCUT2D eigenvalue weighted by molar-refractivity contribution is 5.99. The van der Waals surface area contributed by atoms with E-state index >= 15 is 0 Å². The number of ether oxygens (including phenoxy) is 2. The van der Waals surface area contributed by atoms with Crippen LogP contribution < -0.4 is 9.64 Å². The fourth-order valence-electron chi connectivity index (χ4n) is 3.22. The number of carbonyl (C=O) groups is 1. The molecule has 1 saturated heterocycles. The third-order valence-corrected chi connectivity index (χ3v) is 4.62. The summed E-state index contributed by atoms with van der Waals surface area (Å²) in [5.41, 5.74) is 1.45. The molecule has 0 radical (unpaired) electrons. The van der Waals surface area contributed by atoms with Crippen LogP contribution in [0.15, 0.2) is 53.2 Å². The Labute approximate surface area is 161 Å². The molecule has 1 aliphatic rings. The number of nitrogens with zero attached hydrogens (tertiary/aromatic N) is 3. The fraction of sp³-hybridized carbons (Fsp3) is 0.250. The molecule has 8 heteroatoms. The molecule has 0 saturated carbocycles. The zero-order chi connectivity index (χ0) is 19.5. The number of methoxy groups -OCH3 is 1. The van der Waals surface area contributed by atoms with E-state index in [1.165, 1.54) is 0 Å². The van der Waals surface area contributed by atoms with Crippen LogP contribution in [0.5, 0.6) is 5.75 Å². The van der Waals surface area contributed by atoms with E-state index in [0.29, 0.717) is 36.8 Å². The minimum absolute atomic E-state index is 0.0341. The van der Waals surface area contributed by atoms with Gasteiger partial charge in [-0.25, -0.2) is 4.79 Å².